The fourth-order valence-corrected chi connectivity index (χ4v) is 4.91. The summed E-state index contributed by atoms with van der Waals surface area (Å²) >= 11 is 0. The highest BCUT2D eigenvalue weighted by Crippen LogP contribution is 2.38. The molecule has 9 heteroatoms. The maximum atomic E-state index is 14.7. The maximum Gasteiger partial charge on any atom is 0.251 e. The average molecular weight is 487 g/mol. The topological polar surface area (TPSA) is 78.1 Å². The van der Waals surface area contributed by atoms with Crippen molar-refractivity contribution in [3.8, 4) is 22.7 Å². The first-order valence-electron chi connectivity index (χ1n) is 12.2. The number of amides is 1. The van der Waals surface area contributed by atoms with Gasteiger partial charge in [-0.1, -0.05) is 17.3 Å². The summed E-state index contributed by atoms with van der Waals surface area (Å²) in [6, 6.07) is 10.2. The minimum atomic E-state index is -0.549. The van der Waals surface area contributed by atoms with Crippen LogP contribution in [-0.2, 0) is 11.2 Å². The molecule has 1 saturated carbocycles. The van der Waals surface area contributed by atoms with Crippen molar-refractivity contribution in [3.63, 3.8) is 0 Å². The van der Waals surface area contributed by atoms with Crippen LogP contribution in [0, 0.1) is 18.7 Å². The van der Waals surface area contributed by atoms with Gasteiger partial charge in [-0.15, -0.1) is 5.10 Å². The number of carbonyl (C=O) groups is 1. The third kappa shape index (κ3) is 4.04. The van der Waals surface area contributed by atoms with Gasteiger partial charge in [-0.3, -0.25) is 4.79 Å². The fourth-order valence-electron chi connectivity index (χ4n) is 4.91. The Bertz CT molecular complexity index is 1440. The van der Waals surface area contributed by atoms with Crippen molar-refractivity contribution in [2.24, 2.45) is 5.92 Å². The number of rotatable bonds is 6. The fraction of sp³-hybridized carbons (Fsp3) is 0.333. The summed E-state index contributed by atoms with van der Waals surface area (Å²) in [5.74, 6) is 0.819. The van der Waals surface area contributed by atoms with Gasteiger partial charge < -0.3 is 14.2 Å². The number of fused-ring (bicyclic) bond motifs is 1. The Balaban J connectivity index is 1.31. The molecule has 1 atom stereocenters. The largest absolute Gasteiger partial charge is 0.495 e. The second-order valence-electron chi connectivity index (χ2n) is 9.58. The molecule has 1 aliphatic carbocycles. The number of carbonyl (C=O) groups excluding carboxylic acids is 1. The van der Waals surface area contributed by atoms with Crippen molar-refractivity contribution < 1.29 is 13.9 Å². The summed E-state index contributed by atoms with van der Waals surface area (Å²) in [5.41, 5.74) is 4.52. The molecule has 8 nitrogen and oxygen atoms in total. The molecule has 1 amide bonds. The molecule has 6 rings (SSSR count). The van der Waals surface area contributed by atoms with Crippen molar-refractivity contribution in [2.45, 2.75) is 38.6 Å². The number of methoxy groups -OCH3 is 1. The van der Waals surface area contributed by atoms with Crippen LogP contribution in [0.25, 0.3) is 16.9 Å². The Kier molecular flexibility index (Phi) is 5.55. The van der Waals surface area contributed by atoms with E-state index in [1.54, 1.807) is 35.3 Å². The van der Waals surface area contributed by atoms with Gasteiger partial charge in [0.15, 0.2) is 0 Å². The predicted octanol–water partition coefficient (Wildman–Crippen LogP) is 4.52. The second kappa shape index (κ2) is 8.89. The number of halogens is 1. The van der Waals surface area contributed by atoms with Crippen LogP contribution in [0.15, 0.2) is 55.1 Å². The van der Waals surface area contributed by atoms with Crippen LogP contribution < -0.4 is 9.64 Å². The van der Waals surface area contributed by atoms with Crippen LogP contribution in [-0.4, -0.2) is 44.1 Å². The molecule has 0 N–H and O–H groups in total. The third-order valence-corrected chi connectivity index (χ3v) is 7.04. The summed E-state index contributed by atoms with van der Waals surface area (Å²) < 4.78 is 23.9. The standard InChI is InChI=1S/C27H27FN6O2/c1-17-13-32(16-29-17)24-10-8-19(12-26(24)36-2)22-15-34(31-30-22)25-11-9-20-21(28)4-3-5-23(20)33(27(25)35)14-18-6-7-18/h3-5,8,10,12-13,15-16,18,25H,6-7,9,11,14H2,1-2H3/t25-/m0/s1. The lowest BCUT2D eigenvalue weighted by atomic mass is 10.1. The minimum Gasteiger partial charge on any atom is -0.495 e. The van der Waals surface area contributed by atoms with Crippen LogP contribution in [0.5, 0.6) is 5.75 Å². The molecule has 36 heavy (non-hydrogen) atoms. The number of imidazole rings is 1. The molecule has 1 aliphatic heterocycles. The van der Waals surface area contributed by atoms with Crippen LogP contribution in [0.4, 0.5) is 10.1 Å². The molecule has 4 aromatic rings. The smallest absolute Gasteiger partial charge is 0.251 e. The predicted molar refractivity (Wildman–Crippen MR) is 133 cm³/mol. The Labute approximate surface area is 208 Å². The van der Waals surface area contributed by atoms with Crippen molar-refractivity contribution in [1.29, 1.82) is 0 Å². The summed E-state index contributed by atoms with van der Waals surface area (Å²) in [7, 11) is 1.62. The van der Waals surface area contributed by atoms with E-state index in [0.29, 0.717) is 48.0 Å². The molecule has 2 aromatic heterocycles. The third-order valence-electron chi connectivity index (χ3n) is 7.04. The molecule has 0 radical (unpaired) electrons. The number of aryl methyl sites for hydroxylation is 1. The summed E-state index contributed by atoms with van der Waals surface area (Å²) in [6.45, 7) is 2.54. The van der Waals surface area contributed by atoms with E-state index in [-0.39, 0.29) is 11.7 Å². The van der Waals surface area contributed by atoms with Gasteiger partial charge >= 0.3 is 0 Å². The van der Waals surface area contributed by atoms with Gasteiger partial charge in [0, 0.05) is 29.6 Å². The van der Waals surface area contributed by atoms with E-state index < -0.39 is 6.04 Å². The normalized spacial score (nSPS) is 17.7. The molecular formula is C27H27FN6O2. The zero-order valence-corrected chi connectivity index (χ0v) is 20.3. The van der Waals surface area contributed by atoms with E-state index in [9.17, 15) is 9.18 Å². The van der Waals surface area contributed by atoms with Gasteiger partial charge in [-0.05, 0) is 62.8 Å². The van der Waals surface area contributed by atoms with E-state index in [4.69, 9.17) is 4.74 Å². The first-order valence-corrected chi connectivity index (χ1v) is 12.2. The Morgan fingerprint density at radius 2 is 1.97 bits per heavy atom. The number of anilines is 1. The Morgan fingerprint density at radius 3 is 2.72 bits per heavy atom. The summed E-state index contributed by atoms with van der Waals surface area (Å²) in [4.78, 5) is 19.8. The number of hydrogen-bond donors (Lipinski definition) is 0. The van der Waals surface area contributed by atoms with E-state index in [1.807, 2.05) is 42.0 Å². The number of benzene rings is 2. The number of hydrogen-bond acceptors (Lipinski definition) is 5. The molecule has 0 bridgehead atoms. The lowest BCUT2D eigenvalue weighted by Gasteiger charge is -2.26. The van der Waals surface area contributed by atoms with Gasteiger partial charge in [0.25, 0.3) is 5.91 Å². The molecule has 0 saturated heterocycles. The first kappa shape index (κ1) is 22.5. The molecule has 2 aliphatic rings. The molecule has 0 spiro atoms. The number of ether oxygens (including phenoxy) is 1. The second-order valence-corrected chi connectivity index (χ2v) is 9.58. The highest BCUT2D eigenvalue weighted by Gasteiger charge is 2.36. The zero-order valence-electron chi connectivity index (χ0n) is 20.3. The minimum absolute atomic E-state index is 0.0638. The molecular weight excluding hydrogens is 459 g/mol. The van der Waals surface area contributed by atoms with E-state index in [0.717, 1.165) is 29.8 Å². The van der Waals surface area contributed by atoms with Crippen LogP contribution >= 0.6 is 0 Å². The van der Waals surface area contributed by atoms with Crippen molar-refractivity contribution in [3.05, 3.63) is 72.2 Å². The van der Waals surface area contributed by atoms with Gasteiger partial charge in [0.05, 0.1) is 31.0 Å². The van der Waals surface area contributed by atoms with Crippen LogP contribution in [0.2, 0.25) is 0 Å². The van der Waals surface area contributed by atoms with Crippen molar-refractivity contribution >= 4 is 11.6 Å². The quantitative estimate of drug-likeness (QED) is 0.401. The monoisotopic (exact) mass is 486 g/mol. The summed E-state index contributed by atoms with van der Waals surface area (Å²) in [6.07, 6.45) is 8.58. The number of nitrogens with zero attached hydrogens (tertiary/aromatic N) is 6. The van der Waals surface area contributed by atoms with Crippen molar-refractivity contribution in [1.82, 2.24) is 24.5 Å². The Hall–Kier alpha value is -4.01. The highest BCUT2D eigenvalue weighted by atomic mass is 19.1. The van der Waals surface area contributed by atoms with Gasteiger partial charge in [-0.2, -0.15) is 0 Å². The lowest BCUT2D eigenvalue weighted by Crippen LogP contribution is -2.38. The van der Waals surface area contributed by atoms with Crippen molar-refractivity contribution in [2.75, 3.05) is 18.6 Å². The molecule has 184 valence electrons. The SMILES string of the molecule is COc1cc(-c2cn([C@H]3CCc4c(F)cccc4N(CC4CC4)C3=O)nn2)ccc1-n1cnc(C)c1. The molecule has 1 fully saturated rings. The van der Waals surface area contributed by atoms with Crippen LogP contribution in [0.3, 0.4) is 0 Å². The maximum absolute atomic E-state index is 14.7. The first-order chi connectivity index (χ1) is 17.5. The van der Waals surface area contributed by atoms with Crippen LogP contribution in [0.1, 0.15) is 36.6 Å². The van der Waals surface area contributed by atoms with E-state index >= 15 is 0 Å². The van der Waals surface area contributed by atoms with Gasteiger partial charge in [0.2, 0.25) is 0 Å². The van der Waals surface area contributed by atoms with E-state index in [1.165, 1.54) is 6.07 Å². The van der Waals surface area contributed by atoms with Gasteiger partial charge in [0.1, 0.15) is 23.3 Å². The summed E-state index contributed by atoms with van der Waals surface area (Å²) in [5, 5.41) is 8.70. The lowest BCUT2D eigenvalue weighted by molar-refractivity contribution is -0.122. The Morgan fingerprint density at radius 1 is 1.11 bits per heavy atom. The van der Waals surface area contributed by atoms with E-state index in [2.05, 4.69) is 15.3 Å². The zero-order chi connectivity index (χ0) is 24.8. The average Bonchev–Trinajstić information content (AvgIpc) is 3.43. The highest BCUT2D eigenvalue weighted by molar-refractivity contribution is 5.97. The van der Waals surface area contributed by atoms with Gasteiger partial charge in [-0.25, -0.2) is 14.1 Å². The number of aromatic nitrogens is 5. The molecule has 0 unspecified atom stereocenters. The molecule has 2 aromatic carbocycles. The molecule has 3 heterocycles.